The summed E-state index contributed by atoms with van der Waals surface area (Å²) in [4.78, 5) is 11.5. The summed E-state index contributed by atoms with van der Waals surface area (Å²) >= 11 is 0. The Balaban J connectivity index is 1.93. The Hall–Kier alpha value is -3.01. The van der Waals surface area contributed by atoms with Gasteiger partial charge in [-0.15, -0.1) is 0 Å². The molecule has 0 unspecified atom stereocenters. The van der Waals surface area contributed by atoms with Crippen molar-refractivity contribution in [2.24, 2.45) is 4.99 Å². The molecule has 2 N–H and O–H groups in total. The maximum Gasteiger partial charge on any atom is 0.144 e. The fourth-order valence-corrected chi connectivity index (χ4v) is 3.07. The Kier molecular flexibility index (Phi) is 3.38. The Labute approximate surface area is 139 Å². The highest BCUT2D eigenvalue weighted by molar-refractivity contribution is 5.76. The van der Waals surface area contributed by atoms with Gasteiger partial charge in [-0.05, 0) is 43.7 Å². The van der Waals surface area contributed by atoms with Gasteiger partial charge in [-0.25, -0.2) is 4.99 Å². The number of hydrogen-bond acceptors (Lipinski definition) is 2. The normalized spacial score (nSPS) is 15.9. The van der Waals surface area contributed by atoms with Crippen LogP contribution in [-0.4, -0.2) is 17.1 Å². The molecule has 0 bridgehead atoms. The van der Waals surface area contributed by atoms with Crippen LogP contribution in [-0.2, 0) is 0 Å². The van der Waals surface area contributed by atoms with Crippen molar-refractivity contribution in [2.75, 3.05) is 7.11 Å². The molecule has 3 heterocycles. The van der Waals surface area contributed by atoms with Crippen LogP contribution in [0.5, 0.6) is 5.75 Å². The Bertz CT molecular complexity index is 1130. The molecule has 0 spiro atoms. The van der Waals surface area contributed by atoms with E-state index in [-0.39, 0.29) is 0 Å². The minimum absolute atomic E-state index is 0.809. The minimum atomic E-state index is 0.809. The lowest BCUT2D eigenvalue weighted by Crippen LogP contribution is -2.19. The predicted octanol–water partition coefficient (Wildman–Crippen LogP) is 1.02. The number of methoxy groups -OCH3 is 1. The van der Waals surface area contributed by atoms with E-state index in [4.69, 9.17) is 9.73 Å². The van der Waals surface area contributed by atoms with Crippen LogP contribution in [0.2, 0.25) is 0 Å². The third kappa shape index (κ3) is 2.46. The average molecular weight is 317 g/mol. The van der Waals surface area contributed by atoms with Crippen molar-refractivity contribution in [1.29, 1.82) is 0 Å². The zero-order chi connectivity index (χ0) is 16.7. The van der Waals surface area contributed by atoms with Gasteiger partial charge in [0.15, 0.2) is 0 Å². The zero-order valence-corrected chi connectivity index (χ0v) is 14.0. The predicted molar refractivity (Wildman–Crippen MR) is 95.5 cm³/mol. The van der Waals surface area contributed by atoms with E-state index in [9.17, 15) is 0 Å². The van der Waals surface area contributed by atoms with Gasteiger partial charge in [0, 0.05) is 22.7 Å². The van der Waals surface area contributed by atoms with E-state index in [1.807, 2.05) is 24.3 Å². The molecule has 120 valence electrons. The van der Waals surface area contributed by atoms with Crippen molar-refractivity contribution in [3.63, 3.8) is 0 Å². The lowest BCUT2D eigenvalue weighted by atomic mass is 10.2. The molecule has 3 aromatic rings. The molecule has 4 nitrogen and oxygen atoms in total. The Morgan fingerprint density at radius 2 is 1.92 bits per heavy atom. The number of ether oxygens (including phenoxy) is 1. The van der Waals surface area contributed by atoms with Gasteiger partial charge in [-0.2, -0.15) is 0 Å². The number of aryl methyl sites for hydroxylation is 2. The second-order valence-electron chi connectivity index (χ2n) is 6.06. The van der Waals surface area contributed by atoms with Crippen LogP contribution in [0.25, 0.3) is 17.8 Å². The number of hydrogen-bond donors (Lipinski definition) is 2. The number of H-pyrrole nitrogens is 2. The van der Waals surface area contributed by atoms with Gasteiger partial charge in [-0.1, -0.05) is 18.2 Å². The minimum Gasteiger partial charge on any atom is -0.494 e. The maximum absolute atomic E-state index is 5.54. The first-order valence-electron chi connectivity index (χ1n) is 7.95. The Morgan fingerprint density at radius 3 is 2.62 bits per heavy atom. The third-order valence-corrected chi connectivity index (χ3v) is 4.25. The van der Waals surface area contributed by atoms with E-state index < -0.39 is 0 Å². The second kappa shape index (κ2) is 5.57. The monoisotopic (exact) mass is 317 g/mol. The molecule has 0 radical (unpaired) electrons. The molecular formula is C20H19N3O. The number of fused-ring (bicyclic) bond motifs is 1. The summed E-state index contributed by atoms with van der Waals surface area (Å²) < 4.78 is 5.54. The maximum atomic E-state index is 5.54. The highest BCUT2D eigenvalue weighted by Gasteiger charge is 2.06. The van der Waals surface area contributed by atoms with Crippen molar-refractivity contribution in [3.05, 3.63) is 74.6 Å². The van der Waals surface area contributed by atoms with E-state index in [2.05, 4.69) is 48.1 Å². The first-order chi connectivity index (χ1) is 11.6. The van der Waals surface area contributed by atoms with Crippen LogP contribution in [0.1, 0.15) is 17.0 Å². The molecule has 0 fully saturated rings. The number of nitrogens with zero attached hydrogens (tertiary/aromatic N) is 1. The van der Waals surface area contributed by atoms with Gasteiger partial charge in [-0.3, -0.25) is 0 Å². The van der Waals surface area contributed by atoms with Crippen molar-refractivity contribution < 1.29 is 4.74 Å². The molecular weight excluding hydrogens is 298 g/mol. The van der Waals surface area contributed by atoms with Crippen LogP contribution in [0, 0.1) is 13.8 Å². The van der Waals surface area contributed by atoms with Crippen LogP contribution >= 0.6 is 0 Å². The SMILES string of the molecule is COc1c/c(=C2\C=c3ccccc3=N2)[nH]/c1=C/c1[nH]c(C)cc1C. The van der Waals surface area contributed by atoms with Crippen molar-refractivity contribution in [1.82, 2.24) is 9.97 Å². The van der Waals surface area contributed by atoms with E-state index in [0.717, 1.165) is 44.1 Å². The number of para-hydroxylation sites is 1. The zero-order valence-electron chi connectivity index (χ0n) is 14.0. The van der Waals surface area contributed by atoms with Crippen molar-refractivity contribution in [3.8, 4) is 5.75 Å². The molecule has 1 aliphatic rings. The van der Waals surface area contributed by atoms with Crippen LogP contribution in [0.4, 0.5) is 0 Å². The number of aromatic amines is 2. The summed E-state index contributed by atoms with van der Waals surface area (Å²) in [6.07, 6.45) is 4.17. The number of aromatic nitrogens is 2. The molecule has 4 heteroatoms. The van der Waals surface area contributed by atoms with E-state index in [1.54, 1.807) is 7.11 Å². The summed E-state index contributed by atoms with van der Waals surface area (Å²) in [5.74, 6) is 0.809. The van der Waals surface area contributed by atoms with Gasteiger partial charge < -0.3 is 14.7 Å². The topological polar surface area (TPSA) is 53.2 Å². The van der Waals surface area contributed by atoms with Gasteiger partial charge in [0.05, 0.1) is 28.9 Å². The molecule has 1 aromatic carbocycles. The molecule has 2 aromatic heterocycles. The summed E-state index contributed by atoms with van der Waals surface area (Å²) in [5, 5.41) is 4.03. The van der Waals surface area contributed by atoms with Crippen LogP contribution < -0.4 is 26.0 Å². The summed E-state index contributed by atoms with van der Waals surface area (Å²) in [6, 6.07) is 12.3. The molecule has 0 saturated carbocycles. The molecule has 1 aliphatic heterocycles. The van der Waals surface area contributed by atoms with Gasteiger partial charge in [0.1, 0.15) is 5.75 Å². The Morgan fingerprint density at radius 1 is 1.08 bits per heavy atom. The van der Waals surface area contributed by atoms with E-state index >= 15 is 0 Å². The third-order valence-electron chi connectivity index (χ3n) is 4.25. The van der Waals surface area contributed by atoms with Gasteiger partial charge in [0.2, 0.25) is 0 Å². The second-order valence-corrected chi connectivity index (χ2v) is 6.06. The molecule has 4 rings (SSSR count). The van der Waals surface area contributed by atoms with Crippen molar-refractivity contribution >= 4 is 17.8 Å². The molecule has 24 heavy (non-hydrogen) atoms. The number of rotatable bonds is 2. The molecule has 0 saturated heterocycles. The lowest BCUT2D eigenvalue weighted by Gasteiger charge is -1.94. The first-order valence-corrected chi connectivity index (χ1v) is 7.95. The lowest BCUT2D eigenvalue weighted by molar-refractivity contribution is 0.412. The number of nitrogens with one attached hydrogen (secondary N) is 2. The highest BCUT2D eigenvalue weighted by Crippen LogP contribution is 2.10. The number of benzene rings is 1. The summed E-state index contributed by atoms with van der Waals surface area (Å²) in [7, 11) is 1.69. The quantitative estimate of drug-likeness (QED) is 0.728. The van der Waals surface area contributed by atoms with Crippen LogP contribution in [0.3, 0.4) is 0 Å². The largest absolute Gasteiger partial charge is 0.494 e. The highest BCUT2D eigenvalue weighted by atomic mass is 16.5. The molecule has 0 atom stereocenters. The summed E-state index contributed by atoms with van der Waals surface area (Å²) in [6.45, 7) is 4.15. The fraction of sp³-hybridized carbons (Fsp3) is 0.150. The van der Waals surface area contributed by atoms with Gasteiger partial charge >= 0.3 is 0 Å². The van der Waals surface area contributed by atoms with E-state index in [0.29, 0.717) is 0 Å². The first kappa shape index (κ1) is 14.6. The smallest absolute Gasteiger partial charge is 0.144 e. The van der Waals surface area contributed by atoms with Crippen LogP contribution in [0.15, 0.2) is 41.4 Å². The fourth-order valence-electron chi connectivity index (χ4n) is 3.07. The summed E-state index contributed by atoms with van der Waals surface area (Å²) in [5.41, 5.74) is 4.37. The molecule has 0 amide bonds. The standard InChI is InChI=1S/C20H19N3O/c1-12-8-13(2)21-16(12)10-19-20(24-3)11-18(23-19)17-9-14-6-4-5-7-15(14)22-17/h4-11,21,23H,1-3H3/b18-17-,19-10+. The van der Waals surface area contributed by atoms with Gasteiger partial charge in [0.25, 0.3) is 0 Å². The average Bonchev–Trinajstić information content (AvgIpc) is 3.24. The molecule has 0 aliphatic carbocycles. The van der Waals surface area contributed by atoms with E-state index in [1.165, 1.54) is 5.56 Å². The van der Waals surface area contributed by atoms with Crippen molar-refractivity contribution in [2.45, 2.75) is 13.8 Å².